The second-order valence-electron chi connectivity index (χ2n) is 5.28. The summed E-state index contributed by atoms with van der Waals surface area (Å²) in [7, 11) is 0. The Morgan fingerprint density at radius 1 is 1.19 bits per heavy atom. The van der Waals surface area contributed by atoms with Crippen molar-refractivity contribution >= 4 is 0 Å². The van der Waals surface area contributed by atoms with Gasteiger partial charge >= 0.3 is 0 Å². The van der Waals surface area contributed by atoms with Crippen LogP contribution in [0.1, 0.15) is 23.1 Å². The molecule has 1 aromatic rings. The van der Waals surface area contributed by atoms with Crippen molar-refractivity contribution in [1.82, 2.24) is 0 Å². The average Bonchev–Trinajstić information content (AvgIpc) is 2.70. The quantitative estimate of drug-likeness (QED) is 0.837. The SMILES string of the molecule is OCC1(Cc2ccc3c(c2)CCC3)COC1. The van der Waals surface area contributed by atoms with Crippen LogP contribution in [0, 0.1) is 5.41 Å². The van der Waals surface area contributed by atoms with E-state index in [0.717, 1.165) is 6.42 Å². The molecule has 1 aromatic carbocycles. The van der Waals surface area contributed by atoms with E-state index >= 15 is 0 Å². The fraction of sp³-hybridized carbons (Fsp3) is 0.571. The minimum absolute atomic E-state index is 0.00679. The van der Waals surface area contributed by atoms with Crippen molar-refractivity contribution < 1.29 is 9.84 Å². The maximum absolute atomic E-state index is 9.41. The lowest BCUT2D eigenvalue weighted by Crippen LogP contribution is -2.47. The van der Waals surface area contributed by atoms with Gasteiger partial charge in [-0.2, -0.15) is 0 Å². The second-order valence-corrected chi connectivity index (χ2v) is 5.28. The lowest BCUT2D eigenvalue weighted by atomic mass is 9.80. The number of aliphatic hydroxyl groups excluding tert-OH is 1. The van der Waals surface area contributed by atoms with E-state index in [1.807, 2.05) is 0 Å². The van der Waals surface area contributed by atoms with Crippen molar-refractivity contribution in [2.75, 3.05) is 19.8 Å². The summed E-state index contributed by atoms with van der Waals surface area (Å²) in [6.45, 7) is 1.66. The highest BCUT2D eigenvalue weighted by Gasteiger charge is 2.38. The van der Waals surface area contributed by atoms with Gasteiger partial charge in [0.15, 0.2) is 0 Å². The predicted molar refractivity (Wildman–Crippen MR) is 62.5 cm³/mol. The molecule has 86 valence electrons. The average molecular weight is 218 g/mol. The second kappa shape index (κ2) is 3.86. The Balaban J connectivity index is 1.80. The number of hydrogen-bond acceptors (Lipinski definition) is 2. The van der Waals surface area contributed by atoms with Crippen LogP contribution in [-0.2, 0) is 24.0 Å². The number of aliphatic hydroxyl groups is 1. The van der Waals surface area contributed by atoms with Crippen molar-refractivity contribution in [3.63, 3.8) is 0 Å². The van der Waals surface area contributed by atoms with Crippen molar-refractivity contribution in [2.45, 2.75) is 25.7 Å². The third kappa shape index (κ3) is 1.66. The van der Waals surface area contributed by atoms with E-state index in [2.05, 4.69) is 18.2 Å². The first-order chi connectivity index (χ1) is 7.81. The fourth-order valence-electron chi connectivity index (χ4n) is 2.81. The molecule has 0 saturated carbocycles. The van der Waals surface area contributed by atoms with Gasteiger partial charge in [-0.1, -0.05) is 18.2 Å². The van der Waals surface area contributed by atoms with E-state index in [-0.39, 0.29) is 12.0 Å². The van der Waals surface area contributed by atoms with Crippen molar-refractivity contribution in [1.29, 1.82) is 0 Å². The van der Waals surface area contributed by atoms with Gasteiger partial charge in [-0.05, 0) is 42.4 Å². The van der Waals surface area contributed by atoms with E-state index in [0.29, 0.717) is 13.2 Å². The van der Waals surface area contributed by atoms with Crippen LogP contribution in [0.4, 0.5) is 0 Å². The molecule has 1 aliphatic carbocycles. The van der Waals surface area contributed by atoms with E-state index < -0.39 is 0 Å². The largest absolute Gasteiger partial charge is 0.396 e. The number of aryl methyl sites for hydroxylation is 2. The topological polar surface area (TPSA) is 29.5 Å². The van der Waals surface area contributed by atoms with Crippen LogP contribution in [0.2, 0.25) is 0 Å². The zero-order valence-electron chi connectivity index (χ0n) is 9.54. The summed E-state index contributed by atoms with van der Waals surface area (Å²) in [4.78, 5) is 0. The molecule has 1 fully saturated rings. The highest BCUT2D eigenvalue weighted by molar-refractivity contribution is 5.35. The van der Waals surface area contributed by atoms with E-state index in [1.165, 1.54) is 36.0 Å². The number of fused-ring (bicyclic) bond motifs is 1. The summed E-state index contributed by atoms with van der Waals surface area (Å²) in [6.07, 6.45) is 4.72. The van der Waals surface area contributed by atoms with E-state index in [4.69, 9.17) is 4.74 Å². The third-order valence-electron chi connectivity index (χ3n) is 3.89. The first-order valence-corrected chi connectivity index (χ1v) is 6.11. The summed E-state index contributed by atoms with van der Waals surface area (Å²) in [5, 5.41) is 9.41. The third-order valence-corrected chi connectivity index (χ3v) is 3.89. The van der Waals surface area contributed by atoms with Crippen molar-refractivity contribution in [3.05, 3.63) is 34.9 Å². The number of hydrogen-bond donors (Lipinski definition) is 1. The monoisotopic (exact) mass is 218 g/mol. The summed E-state index contributed by atoms with van der Waals surface area (Å²) in [5.41, 5.74) is 4.41. The lowest BCUT2D eigenvalue weighted by molar-refractivity contribution is -0.136. The van der Waals surface area contributed by atoms with E-state index in [9.17, 15) is 5.11 Å². The normalized spacial score (nSPS) is 21.6. The van der Waals surface area contributed by atoms with Gasteiger partial charge in [0, 0.05) is 5.41 Å². The molecule has 3 rings (SSSR count). The van der Waals surface area contributed by atoms with Gasteiger partial charge in [0.1, 0.15) is 0 Å². The standard InChI is InChI=1S/C14H18O2/c15-8-14(9-16-10-14)7-11-4-5-12-2-1-3-13(12)6-11/h4-6,15H,1-3,7-10H2. The lowest BCUT2D eigenvalue weighted by Gasteiger charge is -2.40. The Kier molecular flexibility index (Phi) is 2.49. The number of rotatable bonds is 3. The Hall–Kier alpha value is -0.860. The molecule has 0 atom stereocenters. The van der Waals surface area contributed by atoms with Gasteiger partial charge < -0.3 is 9.84 Å². The van der Waals surface area contributed by atoms with Crippen LogP contribution in [-0.4, -0.2) is 24.9 Å². The first-order valence-electron chi connectivity index (χ1n) is 6.11. The molecule has 1 heterocycles. The maximum Gasteiger partial charge on any atom is 0.0570 e. The fourth-order valence-corrected chi connectivity index (χ4v) is 2.81. The van der Waals surface area contributed by atoms with Crippen molar-refractivity contribution in [2.24, 2.45) is 5.41 Å². The Labute approximate surface area is 96.2 Å². The molecule has 1 N–H and O–H groups in total. The molecule has 16 heavy (non-hydrogen) atoms. The molecule has 0 spiro atoms. The zero-order chi connectivity index (χ0) is 11.0. The van der Waals surface area contributed by atoms with E-state index in [1.54, 1.807) is 0 Å². The molecule has 0 unspecified atom stereocenters. The summed E-state index contributed by atoms with van der Waals surface area (Å²) in [5.74, 6) is 0. The molecule has 0 bridgehead atoms. The molecule has 0 amide bonds. The van der Waals surface area contributed by atoms with Gasteiger partial charge in [0.25, 0.3) is 0 Å². The van der Waals surface area contributed by atoms with Gasteiger partial charge in [0.2, 0.25) is 0 Å². The summed E-state index contributed by atoms with van der Waals surface area (Å²) >= 11 is 0. The Morgan fingerprint density at radius 3 is 2.69 bits per heavy atom. The molecule has 2 nitrogen and oxygen atoms in total. The van der Waals surface area contributed by atoms with Crippen LogP contribution in [0.25, 0.3) is 0 Å². The van der Waals surface area contributed by atoms with Crippen LogP contribution in [0.15, 0.2) is 18.2 Å². The smallest absolute Gasteiger partial charge is 0.0570 e. The highest BCUT2D eigenvalue weighted by atomic mass is 16.5. The Morgan fingerprint density at radius 2 is 2.00 bits per heavy atom. The molecule has 1 aliphatic heterocycles. The number of benzene rings is 1. The number of ether oxygens (including phenoxy) is 1. The molecule has 2 heteroatoms. The molecular weight excluding hydrogens is 200 g/mol. The van der Waals surface area contributed by atoms with Crippen LogP contribution in [0.3, 0.4) is 0 Å². The predicted octanol–water partition coefficient (Wildman–Crippen LogP) is 1.73. The first kappa shape index (κ1) is 10.3. The zero-order valence-corrected chi connectivity index (χ0v) is 9.54. The van der Waals surface area contributed by atoms with Crippen LogP contribution < -0.4 is 0 Å². The van der Waals surface area contributed by atoms with Crippen molar-refractivity contribution in [3.8, 4) is 0 Å². The molecular formula is C14H18O2. The summed E-state index contributed by atoms with van der Waals surface area (Å²) < 4.78 is 5.23. The molecule has 1 saturated heterocycles. The Bertz CT molecular complexity index is 388. The van der Waals surface area contributed by atoms with Gasteiger partial charge in [-0.3, -0.25) is 0 Å². The minimum atomic E-state index is 0.00679. The highest BCUT2D eigenvalue weighted by Crippen LogP contribution is 2.32. The van der Waals surface area contributed by atoms with Gasteiger partial charge in [-0.15, -0.1) is 0 Å². The maximum atomic E-state index is 9.41. The van der Waals surface area contributed by atoms with Gasteiger partial charge in [-0.25, -0.2) is 0 Å². The van der Waals surface area contributed by atoms with Gasteiger partial charge in [0.05, 0.1) is 19.8 Å². The molecule has 0 radical (unpaired) electrons. The molecule has 0 aromatic heterocycles. The summed E-state index contributed by atoms with van der Waals surface area (Å²) in [6, 6.07) is 6.82. The molecule has 2 aliphatic rings. The van der Waals surface area contributed by atoms with Crippen LogP contribution >= 0.6 is 0 Å². The minimum Gasteiger partial charge on any atom is -0.396 e. The van der Waals surface area contributed by atoms with Crippen LogP contribution in [0.5, 0.6) is 0 Å².